The van der Waals surface area contributed by atoms with Crippen LogP contribution in [0.25, 0.3) is 5.76 Å². The number of hydrogen-bond donors (Lipinski definition) is 1. The van der Waals surface area contributed by atoms with Gasteiger partial charge in [-0.2, -0.15) is 0 Å². The Balaban J connectivity index is 1.96. The van der Waals surface area contributed by atoms with E-state index in [2.05, 4.69) is 4.98 Å². The first-order valence-electron chi connectivity index (χ1n) is 9.24. The summed E-state index contributed by atoms with van der Waals surface area (Å²) in [5.41, 5.74) is -0.0262. The Morgan fingerprint density at radius 2 is 1.87 bits per heavy atom. The van der Waals surface area contributed by atoms with Gasteiger partial charge in [-0.05, 0) is 36.4 Å². The van der Waals surface area contributed by atoms with Crippen molar-refractivity contribution in [2.75, 3.05) is 12.0 Å². The Morgan fingerprint density at radius 1 is 1.13 bits per heavy atom. The van der Waals surface area contributed by atoms with Gasteiger partial charge in [0, 0.05) is 17.3 Å². The zero-order valence-corrected chi connectivity index (χ0v) is 17.0. The number of anilines is 1. The molecule has 2 heterocycles. The number of halogens is 2. The van der Waals surface area contributed by atoms with Crippen LogP contribution < -0.4 is 9.64 Å². The van der Waals surface area contributed by atoms with Crippen LogP contribution in [0.4, 0.5) is 10.2 Å². The predicted molar refractivity (Wildman–Crippen MR) is 113 cm³/mol. The van der Waals surface area contributed by atoms with Gasteiger partial charge in [0.1, 0.15) is 23.1 Å². The summed E-state index contributed by atoms with van der Waals surface area (Å²) in [7, 11) is 1.44. The van der Waals surface area contributed by atoms with Gasteiger partial charge in [0.2, 0.25) is 0 Å². The monoisotopic (exact) mass is 438 g/mol. The van der Waals surface area contributed by atoms with Gasteiger partial charge in [-0.1, -0.05) is 35.9 Å². The van der Waals surface area contributed by atoms with Crippen LogP contribution >= 0.6 is 11.6 Å². The van der Waals surface area contributed by atoms with E-state index in [0.29, 0.717) is 5.75 Å². The van der Waals surface area contributed by atoms with Crippen molar-refractivity contribution in [3.05, 3.63) is 94.4 Å². The summed E-state index contributed by atoms with van der Waals surface area (Å²) >= 11 is 6.16. The number of rotatable bonds is 4. The molecular weight excluding hydrogens is 423 g/mol. The number of hydrogen-bond acceptors (Lipinski definition) is 5. The van der Waals surface area contributed by atoms with Crippen molar-refractivity contribution < 1.29 is 23.8 Å². The summed E-state index contributed by atoms with van der Waals surface area (Å²) < 4.78 is 19.9. The van der Waals surface area contributed by atoms with Crippen molar-refractivity contribution in [3.63, 3.8) is 0 Å². The minimum atomic E-state index is -1.21. The SMILES string of the molecule is COc1ccc(/C(O)=C2\C(=O)C(=O)N(c3ccccn3)[C@H]2c2ccccc2F)cc1Cl. The molecule has 1 atom stereocenters. The fourth-order valence-corrected chi connectivity index (χ4v) is 3.78. The molecule has 6 nitrogen and oxygen atoms in total. The minimum absolute atomic E-state index is 0.0495. The second kappa shape index (κ2) is 8.20. The van der Waals surface area contributed by atoms with Gasteiger partial charge >= 0.3 is 5.91 Å². The van der Waals surface area contributed by atoms with E-state index >= 15 is 0 Å². The Kier molecular flexibility index (Phi) is 5.44. The number of carbonyl (C=O) groups excluding carboxylic acids is 2. The molecule has 0 aliphatic carbocycles. The van der Waals surface area contributed by atoms with E-state index in [1.165, 1.54) is 55.8 Å². The van der Waals surface area contributed by atoms with Gasteiger partial charge in [-0.15, -0.1) is 0 Å². The number of ketones is 1. The summed E-state index contributed by atoms with van der Waals surface area (Å²) in [5, 5.41) is 11.2. The fraction of sp³-hybridized carbons (Fsp3) is 0.0870. The average Bonchev–Trinajstić information content (AvgIpc) is 3.04. The first kappa shape index (κ1) is 20.6. The summed E-state index contributed by atoms with van der Waals surface area (Å²) in [6.07, 6.45) is 1.45. The number of aliphatic hydroxyl groups excluding tert-OH is 1. The van der Waals surface area contributed by atoms with Gasteiger partial charge in [-0.3, -0.25) is 14.5 Å². The largest absolute Gasteiger partial charge is 0.507 e. The van der Waals surface area contributed by atoms with E-state index in [1.54, 1.807) is 18.2 Å². The van der Waals surface area contributed by atoms with Crippen molar-refractivity contribution in [2.45, 2.75) is 6.04 Å². The molecule has 0 saturated carbocycles. The molecule has 0 radical (unpaired) electrons. The van der Waals surface area contributed by atoms with Crippen LogP contribution in [0.2, 0.25) is 5.02 Å². The topological polar surface area (TPSA) is 79.7 Å². The fourth-order valence-electron chi connectivity index (χ4n) is 3.53. The number of carbonyl (C=O) groups is 2. The maximum atomic E-state index is 14.8. The van der Waals surface area contributed by atoms with Crippen LogP contribution in [-0.4, -0.2) is 28.9 Å². The molecule has 1 saturated heterocycles. The zero-order chi connectivity index (χ0) is 22.1. The quantitative estimate of drug-likeness (QED) is 0.368. The number of ether oxygens (including phenoxy) is 1. The molecule has 3 aromatic rings. The van der Waals surface area contributed by atoms with E-state index in [-0.39, 0.29) is 27.5 Å². The first-order valence-corrected chi connectivity index (χ1v) is 9.62. The lowest BCUT2D eigenvalue weighted by molar-refractivity contribution is -0.132. The van der Waals surface area contributed by atoms with Crippen LogP contribution in [-0.2, 0) is 9.59 Å². The number of benzene rings is 2. The standard InChI is InChI=1S/C23H16ClFN2O4/c1-31-17-10-9-13(12-15(17)24)21(28)19-20(14-6-2-3-7-16(14)25)27(23(30)22(19)29)18-8-4-5-11-26-18/h2-12,20,28H,1H3/b21-19+/t20-/m0/s1. The van der Waals surface area contributed by atoms with E-state index in [0.717, 1.165) is 4.90 Å². The molecule has 1 fully saturated rings. The lowest BCUT2D eigenvalue weighted by atomic mass is 9.95. The number of Topliss-reactive ketones (excluding diaryl/α,β-unsaturated/α-hetero) is 1. The van der Waals surface area contributed by atoms with Gasteiger partial charge in [0.25, 0.3) is 5.78 Å². The molecule has 2 aromatic carbocycles. The van der Waals surface area contributed by atoms with Crippen molar-refractivity contribution in [1.82, 2.24) is 4.98 Å². The molecule has 1 N–H and O–H groups in total. The smallest absolute Gasteiger partial charge is 0.301 e. The number of pyridine rings is 1. The van der Waals surface area contributed by atoms with E-state index in [9.17, 15) is 19.1 Å². The predicted octanol–water partition coefficient (Wildman–Crippen LogP) is 4.51. The highest BCUT2D eigenvalue weighted by Gasteiger charge is 2.48. The van der Waals surface area contributed by atoms with Crippen molar-refractivity contribution in [2.24, 2.45) is 0 Å². The van der Waals surface area contributed by atoms with E-state index < -0.39 is 29.3 Å². The van der Waals surface area contributed by atoms with Crippen LogP contribution in [0.15, 0.2) is 72.4 Å². The Hall–Kier alpha value is -3.71. The third-order valence-corrected chi connectivity index (χ3v) is 5.26. The van der Waals surface area contributed by atoms with Crippen LogP contribution in [0.5, 0.6) is 5.75 Å². The number of nitrogens with zero attached hydrogens (tertiary/aromatic N) is 2. The minimum Gasteiger partial charge on any atom is -0.507 e. The molecular formula is C23H16ClFN2O4. The van der Waals surface area contributed by atoms with E-state index in [4.69, 9.17) is 16.3 Å². The maximum Gasteiger partial charge on any atom is 0.301 e. The average molecular weight is 439 g/mol. The molecule has 8 heteroatoms. The van der Waals surface area contributed by atoms with Crippen molar-refractivity contribution in [1.29, 1.82) is 0 Å². The molecule has 0 spiro atoms. The number of amides is 1. The highest BCUT2D eigenvalue weighted by Crippen LogP contribution is 2.42. The normalized spacial score (nSPS) is 17.8. The lowest BCUT2D eigenvalue weighted by Gasteiger charge is -2.24. The molecule has 31 heavy (non-hydrogen) atoms. The van der Waals surface area contributed by atoms with Crippen molar-refractivity contribution in [3.8, 4) is 5.75 Å². The summed E-state index contributed by atoms with van der Waals surface area (Å²) in [6.45, 7) is 0. The second-order valence-electron chi connectivity index (χ2n) is 6.73. The van der Waals surface area contributed by atoms with Gasteiger partial charge in [0.15, 0.2) is 0 Å². The molecule has 156 valence electrons. The number of methoxy groups -OCH3 is 1. The van der Waals surface area contributed by atoms with Gasteiger partial charge in [-0.25, -0.2) is 9.37 Å². The number of aromatic nitrogens is 1. The third-order valence-electron chi connectivity index (χ3n) is 4.97. The van der Waals surface area contributed by atoms with Crippen LogP contribution in [0.1, 0.15) is 17.2 Å². The third kappa shape index (κ3) is 3.53. The molecule has 1 aromatic heterocycles. The molecule has 0 bridgehead atoms. The van der Waals surface area contributed by atoms with E-state index in [1.807, 2.05) is 0 Å². The molecule has 1 amide bonds. The summed E-state index contributed by atoms with van der Waals surface area (Å²) in [4.78, 5) is 31.2. The van der Waals surface area contributed by atoms with Gasteiger partial charge in [0.05, 0.1) is 23.7 Å². The molecule has 4 rings (SSSR count). The molecule has 1 aliphatic rings. The first-order chi connectivity index (χ1) is 14.9. The summed E-state index contributed by atoms with van der Waals surface area (Å²) in [5.74, 6) is -2.46. The lowest BCUT2D eigenvalue weighted by Crippen LogP contribution is -2.30. The van der Waals surface area contributed by atoms with Crippen LogP contribution in [0, 0.1) is 5.82 Å². The molecule has 1 aliphatic heterocycles. The second-order valence-corrected chi connectivity index (χ2v) is 7.14. The maximum absolute atomic E-state index is 14.8. The molecule has 0 unspecified atom stereocenters. The van der Waals surface area contributed by atoms with Gasteiger partial charge < -0.3 is 9.84 Å². The van der Waals surface area contributed by atoms with Crippen LogP contribution in [0.3, 0.4) is 0 Å². The Labute approximate surface area is 182 Å². The van der Waals surface area contributed by atoms with Crippen molar-refractivity contribution >= 4 is 34.9 Å². The highest BCUT2D eigenvalue weighted by molar-refractivity contribution is 6.51. The Bertz CT molecular complexity index is 1210. The summed E-state index contributed by atoms with van der Waals surface area (Å²) in [6, 6.07) is 13.8. The highest BCUT2D eigenvalue weighted by atomic mass is 35.5. The Morgan fingerprint density at radius 3 is 2.52 bits per heavy atom. The zero-order valence-electron chi connectivity index (χ0n) is 16.3. The number of aliphatic hydroxyl groups is 1.